The number of benzene rings is 2. The van der Waals surface area contributed by atoms with Crippen molar-refractivity contribution in [3.63, 3.8) is 0 Å². The molecule has 1 saturated carbocycles. The number of amides is 1. The lowest BCUT2D eigenvalue weighted by atomic mass is 10.0. The molecule has 1 fully saturated rings. The topological polar surface area (TPSA) is 75.6 Å². The zero-order valence-corrected chi connectivity index (χ0v) is 15.8. The molecule has 0 spiro atoms. The summed E-state index contributed by atoms with van der Waals surface area (Å²) in [5.41, 5.74) is 0.557. The number of hydrogen-bond donors (Lipinski definition) is 2. The second-order valence-corrected chi connectivity index (χ2v) is 7.08. The van der Waals surface area contributed by atoms with Crippen LogP contribution in [-0.4, -0.2) is 17.0 Å². The quantitative estimate of drug-likeness (QED) is 0.634. The lowest BCUT2D eigenvalue weighted by Crippen LogP contribution is -2.27. The molecule has 0 unspecified atom stereocenters. The van der Waals surface area contributed by atoms with Gasteiger partial charge in [0.15, 0.2) is 0 Å². The van der Waals surface area contributed by atoms with Gasteiger partial charge in [0.05, 0.1) is 0 Å². The van der Waals surface area contributed by atoms with Gasteiger partial charge in [-0.3, -0.25) is 4.79 Å². The van der Waals surface area contributed by atoms with Gasteiger partial charge in [-0.2, -0.15) is 0 Å². The van der Waals surface area contributed by atoms with Crippen molar-refractivity contribution in [2.75, 3.05) is 0 Å². The third kappa shape index (κ3) is 5.98. The average Bonchev–Trinajstić information content (AvgIpc) is 3.22. The average molecular weight is 379 g/mol. The molecule has 5 nitrogen and oxygen atoms in total. The molecule has 2 aromatic rings. The molecule has 0 aromatic heterocycles. The Kier molecular flexibility index (Phi) is 6.84. The molecule has 0 bridgehead atoms. The van der Waals surface area contributed by atoms with Gasteiger partial charge in [-0.1, -0.05) is 56.0 Å². The summed E-state index contributed by atoms with van der Waals surface area (Å²) in [5.74, 6) is 0.580. The number of nitrogens with one attached hydrogen (secondary N) is 1. The molecule has 28 heavy (non-hydrogen) atoms. The van der Waals surface area contributed by atoms with Crippen LogP contribution in [-0.2, 0) is 9.59 Å². The van der Waals surface area contributed by atoms with E-state index in [1.54, 1.807) is 24.3 Å². The third-order valence-electron chi connectivity index (χ3n) is 4.93. The Balaban J connectivity index is 1.59. The van der Waals surface area contributed by atoms with E-state index in [9.17, 15) is 14.7 Å². The van der Waals surface area contributed by atoms with Crippen molar-refractivity contribution in [3.8, 4) is 11.5 Å². The van der Waals surface area contributed by atoms with Crippen molar-refractivity contribution in [1.82, 2.24) is 5.32 Å². The summed E-state index contributed by atoms with van der Waals surface area (Å²) >= 11 is 0. The van der Waals surface area contributed by atoms with E-state index in [2.05, 4.69) is 5.32 Å². The van der Waals surface area contributed by atoms with Gasteiger partial charge in [-0.05, 0) is 48.2 Å². The molecule has 1 amide bonds. The van der Waals surface area contributed by atoms with Crippen LogP contribution in [0.1, 0.15) is 44.1 Å². The second kappa shape index (κ2) is 9.74. The van der Waals surface area contributed by atoms with Gasteiger partial charge >= 0.3 is 5.97 Å². The summed E-state index contributed by atoms with van der Waals surface area (Å²) in [6, 6.07) is 16.4. The fourth-order valence-corrected chi connectivity index (χ4v) is 3.42. The van der Waals surface area contributed by atoms with Gasteiger partial charge < -0.3 is 15.2 Å². The lowest BCUT2D eigenvalue weighted by Gasteiger charge is -2.10. The van der Waals surface area contributed by atoms with Crippen LogP contribution in [0.5, 0.6) is 11.5 Å². The SMILES string of the molecule is O=C(CCC1CCCC1)N/C(=C/c1ccc(Oc2ccccc2)cc1)C(=O)O. The van der Waals surface area contributed by atoms with Crippen LogP contribution in [0.25, 0.3) is 6.08 Å². The van der Waals surface area contributed by atoms with E-state index in [-0.39, 0.29) is 11.6 Å². The predicted molar refractivity (Wildman–Crippen MR) is 108 cm³/mol. The molecule has 0 aliphatic heterocycles. The molecule has 1 aliphatic carbocycles. The van der Waals surface area contributed by atoms with E-state index >= 15 is 0 Å². The van der Waals surface area contributed by atoms with Crippen LogP contribution in [0.4, 0.5) is 0 Å². The highest BCUT2D eigenvalue weighted by molar-refractivity contribution is 5.96. The van der Waals surface area contributed by atoms with E-state index in [1.807, 2.05) is 30.3 Å². The molecule has 0 saturated heterocycles. The smallest absolute Gasteiger partial charge is 0.352 e. The molecule has 2 aromatic carbocycles. The highest BCUT2D eigenvalue weighted by Gasteiger charge is 2.17. The lowest BCUT2D eigenvalue weighted by molar-refractivity contribution is -0.134. The normalized spacial score (nSPS) is 14.6. The number of carbonyl (C=O) groups excluding carboxylic acids is 1. The largest absolute Gasteiger partial charge is 0.477 e. The first-order valence-electron chi connectivity index (χ1n) is 9.68. The molecule has 0 radical (unpaired) electrons. The number of carboxylic acids is 1. The number of carbonyl (C=O) groups is 2. The van der Waals surface area contributed by atoms with Gasteiger partial charge in [0.25, 0.3) is 0 Å². The first-order chi connectivity index (χ1) is 13.6. The summed E-state index contributed by atoms with van der Waals surface area (Å²) in [4.78, 5) is 23.6. The summed E-state index contributed by atoms with van der Waals surface area (Å²) in [7, 11) is 0. The monoisotopic (exact) mass is 379 g/mol. The Bertz CT molecular complexity index is 821. The Morgan fingerprint density at radius 3 is 2.29 bits per heavy atom. The fourth-order valence-electron chi connectivity index (χ4n) is 3.42. The number of rotatable bonds is 8. The number of aliphatic carboxylic acids is 1. The summed E-state index contributed by atoms with van der Waals surface area (Å²) in [5, 5.41) is 11.9. The Hall–Kier alpha value is -3.08. The maximum absolute atomic E-state index is 12.1. The van der Waals surface area contributed by atoms with Crippen LogP contribution >= 0.6 is 0 Å². The van der Waals surface area contributed by atoms with Crippen LogP contribution in [0.3, 0.4) is 0 Å². The first kappa shape index (κ1) is 19.7. The zero-order chi connectivity index (χ0) is 19.8. The van der Waals surface area contributed by atoms with Crippen LogP contribution in [0, 0.1) is 5.92 Å². The maximum Gasteiger partial charge on any atom is 0.352 e. The number of para-hydroxylation sites is 1. The molecular weight excluding hydrogens is 354 g/mol. The molecule has 146 valence electrons. The Morgan fingerprint density at radius 1 is 1.00 bits per heavy atom. The number of hydrogen-bond acceptors (Lipinski definition) is 3. The van der Waals surface area contributed by atoms with E-state index in [0.29, 0.717) is 23.7 Å². The highest BCUT2D eigenvalue weighted by Crippen LogP contribution is 2.28. The Morgan fingerprint density at radius 2 is 1.64 bits per heavy atom. The van der Waals surface area contributed by atoms with Crippen molar-refractivity contribution in [2.24, 2.45) is 5.92 Å². The molecule has 2 N–H and O–H groups in total. The summed E-state index contributed by atoms with van der Waals surface area (Å²) in [6.07, 6.45) is 7.46. The molecule has 0 heterocycles. The maximum atomic E-state index is 12.1. The van der Waals surface area contributed by atoms with Gasteiger partial charge in [-0.15, -0.1) is 0 Å². The predicted octanol–water partition coefficient (Wildman–Crippen LogP) is 4.99. The number of ether oxygens (including phenoxy) is 1. The number of carboxylic acid groups (broad SMARTS) is 1. The Labute approximate surface area is 165 Å². The van der Waals surface area contributed by atoms with E-state index < -0.39 is 5.97 Å². The van der Waals surface area contributed by atoms with Crippen molar-refractivity contribution in [2.45, 2.75) is 38.5 Å². The van der Waals surface area contributed by atoms with E-state index in [4.69, 9.17) is 4.74 Å². The zero-order valence-electron chi connectivity index (χ0n) is 15.8. The highest BCUT2D eigenvalue weighted by atomic mass is 16.5. The van der Waals surface area contributed by atoms with Gasteiger partial charge in [0, 0.05) is 6.42 Å². The molecule has 3 rings (SSSR count). The van der Waals surface area contributed by atoms with Crippen molar-refractivity contribution in [1.29, 1.82) is 0 Å². The first-order valence-corrected chi connectivity index (χ1v) is 9.68. The van der Waals surface area contributed by atoms with Crippen molar-refractivity contribution in [3.05, 3.63) is 65.9 Å². The summed E-state index contributed by atoms with van der Waals surface area (Å²) in [6.45, 7) is 0. The fraction of sp³-hybridized carbons (Fsp3) is 0.304. The van der Waals surface area contributed by atoms with Crippen LogP contribution in [0.2, 0.25) is 0 Å². The van der Waals surface area contributed by atoms with E-state index in [0.717, 1.165) is 12.2 Å². The van der Waals surface area contributed by atoms with Gasteiger partial charge in [0.1, 0.15) is 17.2 Å². The molecular formula is C23H25NO4. The standard InChI is InChI=1S/C23H25NO4/c25-22(15-12-17-6-4-5-7-17)24-21(23(26)27)16-18-10-13-20(14-11-18)28-19-8-2-1-3-9-19/h1-3,8-11,13-14,16-17H,4-7,12,15H2,(H,24,25)(H,26,27)/b21-16+. The van der Waals surface area contributed by atoms with Gasteiger partial charge in [-0.25, -0.2) is 4.79 Å². The van der Waals surface area contributed by atoms with Crippen LogP contribution in [0.15, 0.2) is 60.3 Å². The van der Waals surface area contributed by atoms with E-state index in [1.165, 1.54) is 31.8 Å². The molecule has 0 atom stereocenters. The van der Waals surface area contributed by atoms with Gasteiger partial charge in [0.2, 0.25) is 5.91 Å². The molecule has 5 heteroatoms. The molecule has 1 aliphatic rings. The van der Waals surface area contributed by atoms with Crippen molar-refractivity contribution >= 4 is 18.0 Å². The minimum atomic E-state index is -1.15. The minimum Gasteiger partial charge on any atom is -0.477 e. The second-order valence-electron chi connectivity index (χ2n) is 7.08. The summed E-state index contributed by atoms with van der Waals surface area (Å²) < 4.78 is 5.72. The van der Waals surface area contributed by atoms with Crippen molar-refractivity contribution < 1.29 is 19.4 Å². The minimum absolute atomic E-state index is 0.117. The van der Waals surface area contributed by atoms with Crippen LogP contribution < -0.4 is 10.1 Å². The third-order valence-corrected chi connectivity index (χ3v) is 4.93.